The molecule has 0 bridgehead atoms. The van der Waals surface area contributed by atoms with Gasteiger partial charge in [-0.15, -0.1) is 0 Å². The summed E-state index contributed by atoms with van der Waals surface area (Å²) in [5.74, 6) is -0.749. The standard InChI is InChI=1S/C10H14BFO5S/c1-2-18(15,16)6-5-17-10-4-3-8(12)7-9(10)11(13)14/h3-4,7,13-14H,2,5-6H2,1H3. The van der Waals surface area contributed by atoms with Crippen molar-refractivity contribution in [3.8, 4) is 5.75 Å². The van der Waals surface area contributed by atoms with Crippen LogP contribution in [0.3, 0.4) is 0 Å². The van der Waals surface area contributed by atoms with Gasteiger partial charge in [0.1, 0.15) is 18.2 Å². The van der Waals surface area contributed by atoms with E-state index < -0.39 is 22.8 Å². The number of ether oxygens (including phenoxy) is 1. The van der Waals surface area contributed by atoms with Crippen molar-refractivity contribution in [2.45, 2.75) is 6.92 Å². The number of hydrogen-bond donors (Lipinski definition) is 2. The summed E-state index contributed by atoms with van der Waals surface area (Å²) in [6.07, 6.45) is 0. The fraction of sp³-hybridized carbons (Fsp3) is 0.400. The monoisotopic (exact) mass is 276 g/mol. The van der Waals surface area contributed by atoms with E-state index in [1.165, 1.54) is 13.0 Å². The summed E-state index contributed by atoms with van der Waals surface area (Å²) < 4.78 is 40.5. The molecule has 18 heavy (non-hydrogen) atoms. The van der Waals surface area contributed by atoms with Gasteiger partial charge in [0.25, 0.3) is 0 Å². The van der Waals surface area contributed by atoms with E-state index in [2.05, 4.69) is 0 Å². The molecule has 0 spiro atoms. The highest BCUT2D eigenvalue weighted by Crippen LogP contribution is 2.10. The Morgan fingerprint density at radius 1 is 1.39 bits per heavy atom. The minimum Gasteiger partial charge on any atom is -0.493 e. The van der Waals surface area contributed by atoms with Gasteiger partial charge in [0.05, 0.1) is 5.75 Å². The minimum atomic E-state index is -3.15. The second kappa shape index (κ2) is 6.17. The first kappa shape index (κ1) is 14.9. The van der Waals surface area contributed by atoms with Gasteiger partial charge in [0.15, 0.2) is 9.84 Å². The maximum atomic E-state index is 12.9. The highest BCUT2D eigenvalue weighted by Gasteiger charge is 2.18. The van der Waals surface area contributed by atoms with E-state index in [0.29, 0.717) is 0 Å². The first-order valence-electron chi connectivity index (χ1n) is 5.34. The smallest absolute Gasteiger partial charge is 0.492 e. The summed E-state index contributed by atoms with van der Waals surface area (Å²) in [7, 11) is -5.03. The lowest BCUT2D eigenvalue weighted by atomic mass is 9.79. The molecule has 0 radical (unpaired) electrons. The highest BCUT2D eigenvalue weighted by atomic mass is 32.2. The lowest BCUT2D eigenvalue weighted by molar-refractivity contribution is 0.340. The van der Waals surface area contributed by atoms with Crippen molar-refractivity contribution in [1.29, 1.82) is 0 Å². The molecular weight excluding hydrogens is 262 g/mol. The van der Waals surface area contributed by atoms with Crippen LogP contribution in [0.5, 0.6) is 5.75 Å². The van der Waals surface area contributed by atoms with Crippen LogP contribution in [0.4, 0.5) is 4.39 Å². The van der Waals surface area contributed by atoms with Gasteiger partial charge in [-0.25, -0.2) is 12.8 Å². The van der Waals surface area contributed by atoms with Crippen molar-refractivity contribution in [3.05, 3.63) is 24.0 Å². The van der Waals surface area contributed by atoms with Gasteiger partial charge >= 0.3 is 7.12 Å². The average Bonchev–Trinajstić information content (AvgIpc) is 2.30. The first-order valence-corrected chi connectivity index (χ1v) is 7.16. The Labute approximate surface area is 105 Å². The van der Waals surface area contributed by atoms with Crippen LogP contribution in [0.2, 0.25) is 0 Å². The van der Waals surface area contributed by atoms with Crippen molar-refractivity contribution in [2.75, 3.05) is 18.1 Å². The van der Waals surface area contributed by atoms with Crippen LogP contribution in [0.15, 0.2) is 18.2 Å². The molecule has 100 valence electrons. The molecule has 2 N–H and O–H groups in total. The van der Waals surface area contributed by atoms with Gasteiger partial charge in [0.2, 0.25) is 0 Å². The van der Waals surface area contributed by atoms with Crippen LogP contribution in [0.25, 0.3) is 0 Å². The second-order valence-electron chi connectivity index (χ2n) is 3.64. The zero-order chi connectivity index (χ0) is 13.8. The van der Waals surface area contributed by atoms with Gasteiger partial charge in [-0.05, 0) is 18.2 Å². The third kappa shape index (κ3) is 4.28. The molecule has 0 unspecified atom stereocenters. The van der Waals surface area contributed by atoms with Crippen LogP contribution in [-0.2, 0) is 9.84 Å². The molecule has 1 rings (SSSR count). The van der Waals surface area contributed by atoms with Crippen molar-refractivity contribution in [1.82, 2.24) is 0 Å². The molecule has 0 heterocycles. The third-order valence-corrected chi connectivity index (χ3v) is 4.01. The quantitative estimate of drug-likeness (QED) is 0.672. The molecule has 1 aromatic carbocycles. The van der Waals surface area contributed by atoms with E-state index >= 15 is 0 Å². The minimum absolute atomic E-state index is 0.00919. The summed E-state index contributed by atoms with van der Waals surface area (Å²) in [6.45, 7) is 1.40. The molecule has 0 aromatic heterocycles. The topological polar surface area (TPSA) is 83.8 Å². The van der Waals surface area contributed by atoms with E-state index in [1.54, 1.807) is 0 Å². The molecule has 8 heteroatoms. The Morgan fingerprint density at radius 2 is 2.06 bits per heavy atom. The molecule has 0 saturated heterocycles. The fourth-order valence-corrected chi connectivity index (χ4v) is 1.90. The summed E-state index contributed by atoms with van der Waals surface area (Å²) in [5, 5.41) is 18.0. The highest BCUT2D eigenvalue weighted by molar-refractivity contribution is 7.91. The fourth-order valence-electron chi connectivity index (χ4n) is 1.28. The Kier molecular flexibility index (Phi) is 5.12. The number of benzene rings is 1. The lowest BCUT2D eigenvalue weighted by Gasteiger charge is -2.11. The third-order valence-electron chi connectivity index (χ3n) is 2.34. The van der Waals surface area contributed by atoms with Crippen molar-refractivity contribution >= 4 is 22.4 Å². The Bertz CT molecular complexity index is 503. The second-order valence-corrected chi connectivity index (χ2v) is 6.11. The van der Waals surface area contributed by atoms with Crippen molar-refractivity contribution < 1.29 is 27.6 Å². The van der Waals surface area contributed by atoms with Gasteiger partial charge < -0.3 is 14.8 Å². The van der Waals surface area contributed by atoms with Crippen LogP contribution < -0.4 is 10.2 Å². The SMILES string of the molecule is CCS(=O)(=O)CCOc1ccc(F)cc1B(O)O. The molecule has 0 aliphatic carbocycles. The van der Waals surface area contributed by atoms with Crippen molar-refractivity contribution in [3.63, 3.8) is 0 Å². The molecule has 0 amide bonds. The predicted molar refractivity (Wildman–Crippen MR) is 66.0 cm³/mol. The number of sulfone groups is 1. The zero-order valence-electron chi connectivity index (χ0n) is 9.84. The number of rotatable bonds is 6. The van der Waals surface area contributed by atoms with E-state index in [4.69, 9.17) is 14.8 Å². The largest absolute Gasteiger partial charge is 0.493 e. The van der Waals surface area contributed by atoms with Crippen LogP contribution in [0, 0.1) is 5.82 Å². The summed E-state index contributed by atoms with van der Waals surface area (Å²) in [5.41, 5.74) is -0.135. The van der Waals surface area contributed by atoms with Gasteiger partial charge in [-0.2, -0.15) is 0 Å². The molecule has 1 aromatic rings. The molecule has 5 nitrogen and oxygen atoms in total. The Hall–Kier alpha value is -1.12. The zero-order valence-corrected chi connectivity index (χ0v) is 10.7. The average molecular weight is 276 g/mol. The first-order chi connectivity index (χ1) is 8.35. The molecule has 0 atom stereocenters. The van der Waals surface area contributed by atoms with Gasteiger partial charge in [-0.1, -0.05) is 6.92 Å². The van der Waals surface area contributed by atoms with Crippen LogP contribution in [-0.4, -0.2) is 43.7 Å². The van der Waals surface area contributed by atoms with Crippen molar-refractivity contribution in [2.24, 2.45) is 0 Å². The molecule has 0 aliphatic rings. The van der Waals surface area contributed by atoms with E-state index in [1.807, 2.05) is 0 Å². The number of halogens is 1. The van der Waals surface area contributed by atoms with Crippen LogP contribution >= 0.6 is 0 Å². The van der Waals surface area contributed by atoms with Crippen LogP contribution in [0.1, 0.15) is 6.92 Å². The maximum absolute atomic E-state index is 12.9. The number of hydrogen-bond acceptors (Lipinski definition) is 5. The van der Waals surface area contributed by atoms with Gasteiger partial charge in [0, 0.05) is 11.2 Å². The molecule has 0 aliphatic heterocycles. The molecule has 0 fully saturated rings. The lowest BCUT2D eigenvalue weighted by Crippen LogP contribution is -2.32. The predicted octanol–water partition coefficient (Wildman–Crippen LogP) is -0.681. The maximum Gasteiger partial charge on any atom is 0.492 e. The molecule has 0 saturated carbocycles. The summed E-state index contributed by atoms with van der Waals surface area (Å²) in [4.78, 5) is 0. The Balaban J connectivity index is 2.73. The van der Waals surface area contributed by atoms with E-state index in [9.17, 15) is 12.8 Å². The van der Waals surface area contributed by atoms with E-state index in [0.717, 1.165) is 12.1 Å². The Morgan fingerprint density at radius 3 is 2.61 bits per heavy atom. The van der Waals surface area contributed by atoms with E-state index in [-0.39, 0.29) is 29.3 Å². The molecular formula is C10H14BFO5S. The summed E-state index contributed by atoms with van der Waals surface area (Å²) in [6, 6.07) is 3.24. The normalized spacial score (nSPS) is 11.3. The summed E-state index contributed by atoms with van der Waals surface area (Å²) >= 11 is 0. The van der Waals surface area contributed by atoms with Gasteiger partial charge in [-0.3, -0.25) is 0 Å².